The monoisotopic (exact) mass is 800 g/mol. The zero-order valence-corrected chi connectivity index (χ0v) is 32.7. The minimum Gasteiger partial charge on any atom is -0.222 e. The number of sulfone groups is 4. The molecule has 3 atom stereocenters. The molecule has 12 heteroatoms. The van der Waals surface area contributed by atoms with Crippen LogP contribution in [-0.4, -0.2) is 41.8 Å². The third-order valence-corrected chi connectivity index (χ3v) is 23.7. The highest BCUT2D eigenvalue weighted by Crippen LogP contribution is 2.63. The molecule has 54 heavy (non-hydrogen) atoms. The predicted molar refractivity (Wildman–Crippen MR) is 207 cm³/mol. The summed E-state index contributed by atoms with van der Waals surface area (Å²) in [7, 11) is -18.0. The zero-order valence-electron chi connectivity index (χ0n) is 29.4. The van der Waals surface area contributed by atoms with Gasteiger partial charge in [-0.05, 0) is 98.9 Å². The number of hydrogen-bond acceptors (Lipinski definition) is 8. The molecule has 280 valence electrons. The molecule has 4 aromatic rings. The second kappa shape index (κ2) is 13.0. The van der Waals surface area contributed by atoms with Crippen LogP contribution in [0.15, 0.2) is 176 Å². The van der Waals surface area contributed by atoms with Gasteiger partial charge in [-0.2, -0.15) is 0 Å². The molecular formula is C42H40O8S4. The summed E-state index contributed by atoms with van der Waals surface area (Å²) in [6, 6.07) is 30.7. The lowest BCUT2D eigenvalue weighted by Gasteiger charge is -2.46. The molecule has 0 unspecified atom stereocenters. The smallest absolute Gasteiger partial charge is 0.199 e. The lowest BCUT2D eigenvalue weighted by molar-refractivity contribution is 0.394. The highest BCUT2D eigenvalue weighted by molar-refractivity contribution is 8.11. The van der Waals surface area contributed by atoms with E-state index in [2.05, 4.69) is 6.58 Å². The van der Waals surface area contributed by atoms with Gasteiger partial charge in [0.25, 0.3) is 0 Å². The summed E-state index contributed by atoms with van der Waals surface area (Å²) in [6.07, 6.45) is 2.29. The van der Waals surface area contributed by atoms with Crippen molar-refractivity contribution < 1.29 is 33.7 Å². The lowest BCUT2D eigenvalue weighted by Crippen LogP contribution is -2.50. The van der Waals surface area contributed by atoms with Crippen molar-refractivity contribution in [3.8, 4) is 0 Å². The molecule has 0 heterocycles. The van der Waals surface area contributed by atoms with Crippen molar-refractivity contribution in [1.29, 1.82) is 0 Å². The average molecular weight is 801 g/mol. The maximum atomic E-state index is 14.8. The first-order valence-corrected chi connectivity index (χ1v) is 23.9. The first-order chi connectivity index (χ1) is 25.7. The Hall–Kier alpha value is -4.10. The normalized spacial score (nSPS) is 23.8. The van der Waals surface area contributed by atoms with Crippen molar-refractivity contribution in [3.63, 3.8) is 0 Å². The van der Waals surface area contributed by atoms with E-state index in [0.717, 1.165) is 16.7 Å². The summed E-state index contributed by atoms with van der Waals surface area (Å²) in [5.74, 6) is -1.56. The number of allylic oxidation sites excluding steroid dienone is 5. The molecule has 0 N–H and O–H groups in total. The van der Waals surface area contributed by atoms with E-state index in [1.165, 1.54) is 48.5 Å². The molecule has 1 fully saturated rings. The summed E-state index contributed by atoms with van der Waals surface area (Å²) in [6.45, 7) is 4.41. The fourth-order valence-electron chi connectivity index (χ4n) is 9.53. The van der Waals surface area contributed by atoms with E-state index in [9.17, 15) is 33.7 Å². The predicted octanol–water partition coefficient (Wildman–Crippen LogP) is 7.69. The van der Waals surface area contributed by atoms with Crippen LogP contribution in [0.5, 0.6) is 0 Å². The molecule has 0 aliphatic heterocycles. The van der Waals surface area contributed by atoms with Crippen LogP contribution in [0.3, 0.4) is 0 Å². The Balaban J connectivity index is 1.29. The molecule has 0 radical (unpaired) electrons. The van der Waals surface area contributed by atoms with Gasteiger partial charge in [0.15, 0.2) is 47.5 Å². The SMILES string of the molecule is C=C1CC2=C(CCC3=CCC(S(=O)(=O)c4ccccc4)(S(=O)(=O)c4ccccc4)C[C@@H]32)[C@H]2CC(S(=O)(=O)c3ccccc3)(S(=O)(=O)c3ccccc3)C[C@@H]12. The zero-order chi connectivity index (χ0) is 38.1. The van der Waals surface area contributed by atoms with Gasteiger partial charge >= 0.3 is 0 Å². The maximum absolute atomic E-state index is 14.8. The van der Waals surface area contributed by atoms with E-state index < -0.39 is 65.3 Å². The molecule has 4 aromatic carbocycles. The van der Waals surface area contributed by atoms with Gasteiger partial charge in [0, 0.05) is 12.3 Å². The Bertz CT molecular complexity index is 2510. The average Bonchev–Trinajstić information content (AvgIpc) is 3.64. The third-order valence-electron chi connectivity index (χ3n) is 12.3. The molecule has 8 nitrogen and oxygen atoms in total. The first-order valence-electron chi connectivity index (χ1n) is 18.0. The molecule has 1 saturated carbocycles. The molecular weight excluding hydrogens is 761 g/mol. The van der Waals surface area contributed by atoms with Gasteiger partial charge in [-0.25, -0.2) is 33.7 Å². The van der Waals surface area contributed by atoms with Crippen molar-refractivity contribution >= 4 is 39.3 Å². The Kier molecular flexibility index (Phi) is 8.87. The highest BCUT2D eigenvalue weighted by atomic mass is 32.3. The van der Waals surface area contributed by atoms with Crippen molar-refractivity contribution in [3.05, 3.63) is 156 Å². The fraction of sp³-hybridized carbons (Fsp3) is 0.286. The highest BCUT2D eigenvalue weighted by Gasteiger charge is 2.65. The topological polar surface area (TPSA) is 137 Å². The van der Waals surface area contributed by atoms with Gasteiger partial charge in [-0.1, -0.05) is 108 Å². The molecule has 0 amide bonds. The van der Waals surface area contributed by atoms with Crippen LogP contribution in [0, 0.1) is 17.8 Å². The second-order valence-electron chi connectivity index (χ2n) is 14.8. The van der Waals surface area contributed by atoms with Gasteiger partial charge < -0.3 is 0 Å². The molecule has 4 aliphatic rings. The van der Waals surface area contributed by atoms with Crippen LogP contribution in [0.2, 0.25) is 0 Å². The minimum atomic E-state index is -4.50. The molecule has 4 aliphatic carbocycles. The number of hydrogen-bond donors (Lipinski definition) is 0. The van der Waals surface area contributed by atoms with E-state index >= 15 is 0 Å². The van der Waals surface area contributed by atoms with E-state index in [-0.39, 0.29) is 51.7 Å². The number of benzene rings is 4. The van der Waals surface area contributed by atoms with Gasteiger partial charge in [0.2, 0.25) is 0 Å². The summed E-state index contributed by atoms with van der Waals surface area (Å²) in [5, 5.41) is 0. The largest absolute Gasteiger partial charge is 0.222 e. The third kappa shape index (κ3) is 5.23. The van der Waals surface area contributed by atoms with E-state index in [0.29, 0.717) is 18.4 Å². The second-order valence-corrected chi connectivity index (χ2v) is 24.4. The minimum absolute atomic E-state index is 0.0777. The van der Waals surface area contributed by atoms with Gasteiger partial charge in [0.1, 0.15) is 0 Å². The van der Waals surface area contributed by atoms with Crippen LogP contribution < -0.4 is 0 Å². The summed E-state index contributed by atoms with van der Waals surface area (Å²) in [5.41, 5.74) is 3.34. The maximum Gasteiger partial charge on any atom is 0.199 e. The van der Waals surface area contributed by atoms with Crippen molar-refractivity contribution in [2.45, 2.75) is 72.7 Å². The van der Waals surface area contributed by atoms with Gasteiger partial charge in [0.05, 0.1) is 19.6 Å². The van der Waals surface area contributed by atoms with Crippen molar-refractivity contribution in [1.82, 2.24) is 0 Å². The molecule has 0 bridgehead atoms. The summed E-state index contributed by atoms with van der Waals surface area (Å²) < 4.78 is 114. The van der Waals surface area contributed by atoms with E-state index in [4.69, 9.17) is 0 Å². The summed E-state index contributed by atoms with van der Waals surface area (Å²) >= 11 is 0. The van der Waals surface area contributed by atoms with Crippen LogP contribution >= 0.6 is 0 Å². The van der Waals surface area contributed by atoms with Crippen molar-refractivity contribution in [2.24, 2.45) is 17.8 Å². The molecule has 0 aromatic heterocycles. The Labute approximate surface area is 318 Å². The Morgan fingerprint density at radius 2 is 0.852 bits per heavy atom. The van der Waals surface area contributed by atoms with Crippen LogP contribution in [0.25, 0.3) is 0 Å². The van der Waals surface area contributed by atoms with E-state index in [1.807, 2.05) is 0 Å². The molecule has 0 spiro atoms. The number of fused-ring (bicyclic) bond motifs is 4. The summed E-state index contributed by atoms with van der Waals surface area (Å²) in [4.78, 5) is -0.327. The van der Waals surface area contributed by atoms with Crippen LogP contribution in [-0.2, 0) is 39.3 Å². The molecule has 0 saturated heterocycles. The van der Waals surface area contributed by atoms with Gasteiger partial charge in [-0.15, -0.1) is 0 Å². The lowest BCUT2D eigenvalue weighted by atomic mass is 9.63. The fourth-order valence-corrected chi connectivity index (χ4v) is 19.8. The van der Waals surface area contributed by atoms with Crippen LogP contribution in [0.1, 0.15) is 44.9 Å². The number of rotatable bonds is 8. The van der Waals surface area contributed by atoms with Crippen molar-refractivity contribution in [2.75, 3.05) is 0 Å². The standard InChI is InChI=1S/C42H40O8S4/c1-30-26-37-36(40-29-42(27-38(30)40,53(47,48)34-18-10-4-11-19-34)54(49,50)35-20-12-5-13-21-35)23-22-31-24-25-41(28-39(31)37,51(43,44)32-14-6-2-7-15-32)52(45,46)33-16-8-3-9-17-33/h2-21,24,38-40H,1,22-23,25-29H2/t38-,39-,40+/m0/s1. The quantitative estimate of drug-likeness (QED) is 0.166. The van der Waals surface area contributed by atoms with Crippen LogP contribution in [0.4, 0.5) is 0 Å². The molecule has 8 rings (SSSR count). The van der Waals surface area contributed by atoms with Gasteiger partial charge in [-0.3, -0.25) is 0 Å². The Morgan fingerprint density at radius 1 is 0.463 bits per heavy atom. The van der Waals surface area contributed by atoms with E-state index in [1.54, 1.807) is 78.9 Å². The first kappa shape index (κ1) is 36.9. The Morgan fingerprint density at radius 3 is 1.28 bits per heavy atom.